The minimum Gasteiger partial charge on any atom is -0.293 e. The molecule has 0 fully saturated rings. The van der Waals surface area contributed by atoms with Crippen molar-refractivity contribution in [3.63, 3.8) is 0 Å². The van der Waals surface area contributed by atoms with Gasteiger partial charge in [0.05, 0.1) is 10.9 Å². The molecular weight excluding hydrogens is 263 g/mol. The molecule has 0 saturated carbocycles. The van der Waals surface area contributed by atoms with Crippen molar-refractivity contribution in [3.05, 3.63) is 69.5 Å². The lowest BCUT2D eigenvalue weighted by molar-refractivity contribution is 0.0949. The molecule has 2 aromatic rings. The molecule has 96 valence electrons. The molecule has 1 nitrogen and oxygen atoms in total. The lowest BCUT2D eigenvalue weighted by atomic mass is 9.74. The highest BCUT2D eigenvalue weighted by Gasteiger charge is 2.33. The average molecular weight is 275 g/mol. The minimum absolute atomic E-state index is 0.0215. The Balaban J connectivity index is 1.97. The van der Waals surface area contributed by atoms with Gasteiger partial charge in [-0.05, 0) is 42.2 Å². The summed E-state index contributed by atoms with van der Waals surface area (Å²) in [4.78, 5) is 12.5. The number of carbonyl (C=O) groups is 1. The van der Waals surface area contributed by atoms with Gasteiger partial charge in [0.1, 0.15) is 5.82 Å². The maximum Gasteiger partial charge on any atom is 0.172 e. The van der Waals surface area contributed by atoms with E-state index in [4.69, 9.17) is 11.6 Å². The topological polar surface area (TPSA) is 17.1 Å². The van der Waals surface area contributed by atoms with Crippen molar-refractivity contribution in [3.8, 4) is 0 Å². The van der Waals surface area contributed by atoms with Crippen molar-refractivity contribution >= 4 is 17.4 Å². The second-order valence-corrected chi connectivity index (χ2v) is 5.31. The van der Waals surface area contributed by atoms with Gasteiger partial charge in [-0.1, -0.05) is 35.9 Å². The van der Waals surface area contributed by atoms with E-state index in [0.717, 1.165) is 12.0 Å². The normalized spacial score (nSPS) is 16.7. The number of aryl methyl sites for hydroxylation is 1. The highest BCUT2D eigenvalue weighted by molar-refractivity contribution is 6.34. The van der Waals surface area contributed by atoms with Crippen LogP contribution in [0.3, 0.4) is 0 Å². The summed E-state index contributed by atoms with van der Waals surface area (Å²) in [5.74, 6) is -0.541. The molecule has 0 spiro atoms. The Morgan fingerprint density at radius 3 is 2.79 bits per heavy atom. The van der Waals surface area contributed by atoms with Crippen LogP contribution in [0.15, 0.2) is 36.4 Å². The van der Waals surface area contributed by atoms with Crippen molar-refractivity contribution in [2.45, 2.75) is 19.3 Å². The van der Waals surface area contributed by atoms with Crippen molar-refractivity contribution < 1.29 is 9.18 Å². The van der Waals surface area contributed by atoms with Crippen LogP contribution in [0, 0.1) is 12.7 Å². The summed E-state index contributed by atoms with van der Waals surface area (Å²) in [5, 5.41) is 0.192. The number of carbonyl (C=O) groups excluding carboxylic acids is 1. The zero-order valence-electron chi connectivity index (χ0n) is 10.4. The Kier molecular flexibility index (Phi) is 2.90. The van der Waals surface area contributed by atoms with Crippen LogP contribution < -0.4 is 0 Å². The Morgan fingerprint density at radius 2 is 2.05 bits per heavy atom. The van der Waals surface area contributed by atoms with E-state index in [1.165, 1.54) is 11.6 Å². The van der Waals surface area contributed by atoms with Gasteiger partial charge in [-0.3, -0.25) is 4.79 Å². The molecular formula is C16H12ClFO. The molecule has 0 amide bonds. The Hall–Kier alpha value is -1.67. The van der Waals surface area contributed by atoms with Gasteiger partial charge in [0.15, 0.2) is 5.78 Å². The van der Waals surface area contributed by atoms with Gasteiger partial charge in [-0.25, -0.2) is 4.39 Å². The number of halogens is 2. The van der Waals surface area contributed by atoms with Gasteiger partial charge in [0.25, 0.3) is 0 Å². The number of hydrogen-bond donors (Lipinski definition) is 0. The first-order valence-electron chi connectivity index (χ1n) is 6.15. The number of benzene rings is 2. The van der Waals surface area contributed by atoms with Crippen LogP contribution in [-0.4, -0.2) is 5.78 Å². The summed E-state index contributed by atoms with van der Waals surface area (Å²) in [6.07, 6.45) is 0.738. The van der Waals surface area contributed by atoms with E-state index in [1.54, 1.807) is 13.0 Å². The molecule has 1 unspecified atom stereocenters. The lowest BCUT2D eigenvalue weighted by Gasteiger charge is -2.29. The van der Waals surface area contributed by atoms with Crippen LogP contribution in [0.5, 0.6) is 0 Å². The van der Waals surface area contributed by atoms with Crippen molar-refractivity contribution in [1.29, 1.82) is 0 Å². The zero-order chi connectivity index (χ0) is 13.6. The first kappa shape index (κ1) is 12.4. The van der Waals surface area contributed by atoms with Gasteiger partial charge in [0.2, 0.25) is 0 Å². The van der Waals surface area contributed by atoms with Crippen molar-refractivity contribution in [2.75, 3.05) is 0 Å². The smallest absolute Gasteiger partial charge is 0.172 e. The molecule has 19 heavy (non-hydrogen) atoms. The van der Waals surface area contributed by atoms with Crippen molar-refractivity contribution in [2.24, 2.45) is 0 Å². The summed E-state index contributed by atoms with van der Waals surface area (Å²) in [7, 11) is 0. The fourth-order valence-electron chi connectivity index (χ4n) is 2.53. The molecule has 2 aromatic carbocycles. The monoisotopic (exact) mass is 274 g/mol. The molecule has 0 aliphatic heterocycles. The maximum atomic E-state index is 13.4. The number of Topliss-reactive ketones (excluding diaryl/α,β-unsaturated/α-hetero) is 1. The van der Waals surface area contributed by atoms with E-state index >= 15 is 0 Å². The van der Waals surface area contributed by atoms with Gasteiger partial charge in [-0.2, -0.15) is 0 Å². The zero-order valence-corrected chi connectivity index (χ0v) is 11.2. The highest BCUT2D eigenvalue weighted by Crippen LogP contribution is 2.38. The molecule has 0 heterocycles. The van der Waals surface area contributed by atoms with Crippen LogP contribution in [-0.2, 0) is 6.42 Å². The summed E-state index contributed by atoms with van der Waals surface area (Å²) in [6.45, 7) is 1.64. The summed E-state index contributed by atoms with van der Waals surface area (Å²) >= 11 is 5.99. The number of rotatable bonds is 2. The first-order valence-corrected chi connectivity index (χ1v) is 6.53. The first-order chi connectivity index (χ1) is 9.08. The van der Waals surface area contributed by atoms with Gasteiger partial charge in [0, 0.05) is 5.56 Å². The van der Waals surface area contributed by atoms with Crippen LogP contribution in [0.25, 0.3) is 0 Å². The molecule has 0 bridgehead atoms. The van der Waals surface area contributed by atoms with E-state index in [1.807, 2.05) is 24.3 Å². The van der Waals surface area contributed by atoms with Gasteiger partial charge < -0.3 is 0 Å². The molecule has 1 aliphatic rings. The maximum absolute atomic E-state index is 13.4. The average Bonchev–Trinajstić information content (AvgIpc) is 2.35. The van der Waals surface area contributed by atoms with Gasteiger partial charge in [-0.15, -0.1) is 0 Å². The second-order valence-electron chi connectivity index (χ2n) is 4.90. The van der Waals surface area contributed by atoms with Gasteiger partial charge >= 0.3 is 0 Å². The predicted octanol–water partition coefficient (Wildman–Crippen LogP) is 4.31. The van der Waals surface area contributed by atoms with Crippen LogP contribution in [0.4, 0.5) is 4.39 Å². The van der Waals surface area contributed by atoms with E-state index in [0.29, 0.717) is 11.1 Å². The fraction of sp³-hybridized carbons (Fsp3) is 0.188. The molecule has 0 aromatic heterocycles. The van der Waals surface area contributed by atoms with E-state index in [-0.39, 0.29) is 22.5 Å². The summed E-state index contributed by atoms with van der Waals surface area (Å²) in [5.41, 5.74) is 3.13. The lowest BCUT2D eigenvalue weighted by Crippen LogP contribution is -2.25. The third kappa shape index (κ3) is 1.96. The van der Waals surface area contributed by atoms with E-state index < -0.39 is 0 Å². The van der Waals surface area contributed by atoms with E-state index in [9.17, 15) is 9.18 Å². The SMILES string of the molecule is Cc1cc(C(=O)C2Cc3ccccc32)c(Cl)cc1F. The highest BCUT2D eigenvalue weighted by atomic mass is 35.5. The Labute approximate surface area is 116 Å². The number of fused-ring (bicyclic) bond motifs is 1. The largest absolute Gasteiger partial charge is 0.293 e. The number of hydrogen-bond acceptors (Lipinski definition) is 1. The third-order valence-corrected chi connectivity index (χ3v) is 4.00. The number of ketones is 1. The molecule has 0 radical (unpaired) electrons. The summed E-state index contributed by atoms with van der Waals surface area (Å²) in [6, 6.07) is 10.6. The second kappa shape index (κ2) is 4.46. The predicted molar refractivity (Wildman–Crippen MR) is 73.4 cm³/mol. The van der Waals surface area contributed by atoms with E-state index in [2.05, 4.69) is 0 Å². The molecule has 0 N–H and O–H groups in total. The quantitative estimate of drug-likeness (QED) is 0.746. The fourth-order valence-corrected chi connectivity index (χ4v) is 2.77. The molecule has 3 heteroatoms. The molecule has 0 saturated heterocycles. The van der Waals surface area contributed by atoms with Crippen LogP contribution in [0.2, 0.25) is 5.02 Å². The van der Waals surface area contributed by atoms with Crippen LogP contribution >= 0.6 is 11.6 Å². The summed E-state index contributed by atoms with van der Waals surface area (Å²) < 4.78 is 13.4. The minimum atomic E-state index is -0.379. The third-order valence-electron chi connectivity index (χ3n) is 3.68. The van der Waals surface area contributed by atoms with Crippen molar-refractivity contribution in [1.82, 2.24) is 0 Å². The molecule has 3 rings (SSSR count). The van der Waals surface area contributed by atoms with Crippen LogP contribution in [0.1, 0.15) is 33.0 Å². The Morgan fingerprint density at radius 1 is 1.32 bits per heavy atom. The molecule has 1 atom stereocenters. The Bertz CT molecular complexity index is 678. The molecule has 1 aliphatic carbocycles. The standard InChI is InChI=1S/C16H12ClFO/c1-9-6-13(14(17)8-15(9)18)16(19)12-7-10-4-2-3-5-11(10)12/h2-6,8,12H,7H2,1H3.